The van der Waals surface area contributed by atoms with E-state index in [9.17, 15) is 35.2 Å². The molecule has 3 rings (SSSR count). The van der Waals surface area contributed by atoms with E-state index in [1.165, 1.54) is 18.0 Å². The van der Waals surface area contributed by atoms with E-state index in [1.807, 2.05) is 0 Å². The van der Waals surface area contributed by atoms with Gasteiger partial charge in [0.05, 0.1) is 10.5 Å². The average molecular weight is 462 g/mol. The smallest absolute Gasteiger partial charge is 0.315 e. The Balaban J connectivity index is 1.70. The molecular formula is C20H19F5N2O3S. The maximum absolute atomic E-state index is 13.4. The average Bonchev–Trinajstić information content (AvgIpc) is 2.74. The molecule has 5 nitrogen and oxygen atoms in total. The van der Waals surface area contributed by atoms with Crippen LogP contribution in [0.5, 0.6) is 0 Å². The Kier molecular flexibility index (Phi) is 6.38. The molecule has 0 bridgehead atoms. The van der Waals surface area contributed by atoms with Crippen molar-refractivity contribution in [1.29, 1.82) is 0 Å². The van der Waals surface area contributed by atoms with Gasteiger partial charge < -0.3 is 4.90 Å². The number of anilines is 1. The molecule has 1 fully saturated rings. The van der Waals surface area contributed by atoms with Gasteiger partial charge in [-0.2, -0.15) is 17.5 Å². The van der Waals surface area contributed by atoms with E-state index in [4.69, 9.17) is 0 Å². The number of benzene rings is 2. The normalized spacial score (nSPS) is 16.3. The van der Waals surface area contributed by atoms with Crippen LogP contribution in [-0.2, 0) is 21.0 Å². The highest BCUT2D eigenvalue weighted by molar-refractivity contribution is 7.89. The predicted molar refractivity (Wildman–Crippen MR) is 103 cm³/mol. The molecule has 0 unspecified atom stereocenters. The fourth-order valence-electron chi connectivity index (χ4n) is 3.42. The van der Waals surface area contributed by atoms with Gasteiger partial charge in [0.2, 0.25) is 15.9 Å². The van der Waals surface area contributed by atoms with Crippen molar-refractivity contribution in [3.63, 3.8) is 0 Å². The minimum atomic E-state index is -4.67. The maximum Gasteiger partial charge on any atom is 0.416 e. The highest BCUT2D eigenvalue weighted by Gasteiger charge is 2.36. The van der Waals surface area contributed by atoms with Crippen LogP contribution in [0.4, 0.5) is 27.6 Å². The van der Waals surface area contributed by atoms with Crippen LogP contribution >= 0.6 is 0 Å². The molecule has 0 saturated carbocycles. The van der Waals surface area contributed by atoms with E-state index in [2.05, 4.69) is 0 Å². The summed E-state index contributed by atoms with van der Waals surface area (Å²) in [6.07, 6.45) is -4.38. The Hall–Kier alpha value is -2.53. The van der Waals surface area contributed by atoms with Crippen LogP contribution in [0.3, 0.4) is 0 Å². The van der Waals surface area contributed by atoms with E-state index >= 15 is 0 Å². The first kappa shape index (κ1) is 23.1. The van der Waals surface area contributed by atoms with E-state index in [1.54, 1.807) is 0 Å². The summed E-state index contributed by atoms with van der Waals surface area (Å²) in [6.45, 7) is -0.110. The second-order valence-corrected chi connectivity index (χ2v) is 9.14. The highest BCUT2D eigenvalue weighted by Crippen LogP contribution is 2.32. The van der Waals surface area contributed by atoms with Gasteiger partial charge >= 0.3 is 6.18 Å². The summed E-state index contributed by atoms with van der Waals surface area (Å²) in [5, 5.41) is 0. The molecule has 1 aliphatic rings. The molecule has 2 aromatic carbocycles. The van der Waals surface area contributed by atoms with Crippen LogP contribution in [0, 0.1) is 17.6 Å². The second kappa shape index (κ2) is 8.54. The van der Waals surface area contributed by atoms with Crippen LogP contribution < -0.4 is 4.90 Å². The fraction of sp³-hybridized carbons (Fsp3) is 0.350. The van der Waals surface area contributed by atoms with Crippen molar-refractivity contribution in [3.8, 4) is 0 Å². The number of carbonyl (C=O) groups excluding carboxylic acids is 1. The third kappa shape index (κ3) is 4.87. The van der Waals surface area contributed by atoms with Gasteiger partial charge in [-0.3, -0.25) is 4.79 Å². The molecule has 0 spiro atoms. The number of alkyl halides is 3. The van der Waals surface area contributed by atoms with Crippen LogP contribution in [0.1, 0.15) is 18.4 Å². The molecule has 1 saturated heterocycles. The number of rotatable bonds is 4. The third-order valence-corrected chi connectivity index (χ3v) is 7.12. The molecule has 1 aliphatic heterocycles. The second-order valence-electron chi connectivity index (χ2n) is 7.20. The Labute approximate surface area is 176 Å². The topological polar surface area (TPSA) is 57.7 Å². The largest absolute Gasteiger partial charge is 0.416 e. The minimum Gasteiger partial charge on any atom is -0.315 e. The Morgan fingerprint density at radius 1 is 1.03 bits per heavy atom. The van der Waals surface area contributed by atoms with Crippen molar-refractivity contribution < 1.29 is 35.2 Å². The molecule has 2 aromatic rings. The minimum absolute atomic E-state index is 0.0550. The molecule has 0 aromatic heterocycles. The molecule has 31 heavy (non-hydrogen) atoms. The summed E-state index contributed by atoms with van der Waals surface area (Å²) < 4.78 is 91.8. The van der Waals surface area contributed by atoms with Crippen LogP contribution in [0.15, 0.2) is 47.4 Å². The monoisotopic (exact) mass is 462 g/mol. The molecule has 0 atom stereocenters. The summed E-state index contributed by atoms with van der Waals surface area (Å²) in [5.41, 5.74) is -0.908. The summed E-state index contributed by atoms with van der Waals surface area (Å²) in [6, 6.07) is 6.55. The number of hydrogen-bond donors (Lipinski definition) is 0. The molecule has 1 heterocycles. The number of sulfonamides is 1. The van der Waals surface area contributed by atoms with Crippen LogP contribution in [-0.4, -0.2) is 38.8 Å². The number of amides is 1. The number of hydrogen-bond acceptors (Lipinski definition) is 3. The van der Waals surface area contributed by atoms with Crippen molar-refractivity contribution >= 4 is 21.6 Å². The van der Waals surface area contributed by atoms with Gasteiger partial charge in [-0.15, -0.1) is 0 Å². The van der Waals surface area contributed by atoms with Gasteiger partial charge in [-0.1, -0.05) is 6.07 Å². The molecule has 168 valence electrons. The van der Waals surface area contributed by atoms with E-state index < -0.39 is 44.2 Å². The maximum atomic E-state index is 13.4. The lowest BCUT2D eigenvalue weighted by Crippen LogP contribution is -2.43. The van der Waals surface area contributed by atoms with E-state index in [-0.39, 0.29) is 37.5 Å². The first-order valence-corrected chi connectivity index (χ1v) is 10.8. The molecule has 0 N–H and O–H groups in total. The molecule has 11 heteroatoms. The molecule has 1 amide bonds. The van der Waals surface area contributed by atoms with Crippen LogP contribution in [0.2, 0.25) is 0 Å². The Morgan fingerprint density at radius 3 is 2.26 bits per heavy atom. The summed E-state index contributed by atoms with van der Waals surface area (Å²) >= 11 is 0. The van der Waals surface area contributed by atoms with Crippen molar-refractivity contribution in [1.82, 2.24) is 4.31 Å². The fourth-order valence-corrected chi connectivity index (χ4v) is 4.94. The van der Waals surface area contributed by atoms with E-state index in [0.29, 0.717) is 6.07 Å². The standard InChI is InChI=1S/C20H19F5N2O3S/c1-26(15-5-6-17(21)18(22)12-15)19(28)13-7-9-27(10-8-13)31(29,30)16-4-2-3-14(11-16)20(23,24)25/h2-6,11-13H,7-10H2,1H3. The first-order valence-electron chi connectivity index (χ1n) is 9.31. The first-order chi connectivity index (χ1) is 14.4. The van der Waals surface area contributed by atoms with Gasteiger partial charge in [-0.25, -0.2) is 17.2 Å². The SMILES string of the molecule is CN(C(=O)C1CCN(S(=O)(=O)c2cccc(C(F)(F)F)c2)CC1)c1ccc(F)c(F)c1. The Morgan fingerprint density at radius 2 is 1.68 bits per heavy atom. The zero-order valence-electron chi connectivity index (χ0n) is 16.4. The van der Waals surface area contributed by atoms with Gasteiger partial charge in [0.15, 0.2) is 11.6 Å². The quantitative estimate of drug-likeness (QED) is 0.645. The van der Waals surface area contributed by atoms with Gasteiger partial charge in [0.1, 0.15) is 0 Å². The predicted octanol–water partition coefficient (Wildman–Crippen LogP) is 4.05. The van der Waals surface area contributed by atoms with Crippen LogP contribution in [0.25, 0.3) is 0 Å². The lowest BCUT2D eigenvalue weighted by Gasteiger charge is -2.32. The summed E-state index contributed by atoms with van der Waals surface area (Å²) in [7, 11) is -2.76. The molecule has 0 radical (unpaired) electrons. The van der Waals surface area contributed by atoms with E-state index in [0.717, 1.165) is 34.6 Å². The third-order valence-electron chi connectivity index (χ3n) is 5.22. The van der Waals surface area contributed by atoms with Crippen molar-refractivity contribution in [3.05, 3.63) is 59.7 Å². The van der Waals surface area contributed by atoms with Crippen molar-refractivity contribution in [2.45, 2.75) is 23.9 Å². The molecule has 0 aliphatic carbocycles. The van der Waals surface area contributed by atoms with Gasteiger partial charge in [-0.05, 0) is 43.2 Å². The summed E-state index contributed by atoms with van der Waals surface area (Å²) in [4.78, 5) is 13.4. The molecular weight excluding hydrogens is 443 g/mol. The van der Waals surface area contributed by atoms with Gasteiger partial charge in [0.25, 0.3) is 0 Å². The number of halogens is 5. The van der Waals surface area contributed by atoms with Crippen molar-refractivity contribution in [2.24, 2.45) is 5.92 Å². The number of piperidine rings is 1. The number of carbonyl (C=O) groups is 1. The zero-order chi connectivity index (χ0) is 23.0. The lowest BCUT2D eigenvalue weighted by molar-refractivity contribution is -0.137. The summed E-state index contributed by atoms with van der Waals surface area (Å²) in [5.74, 6) is -3.09. The number of nitrogens with zero attached hydrogens (tertiary/aromatic N) is 2. The highest BCUT2D eigenvalue weighted by atomic mass is 32.2. The lowest BCUT2D eigenvalue weighted by atomic mass is 9.96. The van der Waals surface area contributed by atoms with Crippen molar-refractivity contribution in [2.75, 3.05) is 25.0 Å². The van der Waals surface area contributed by atoms with Gasteiger partial charge in [0, 0.05) is 37.8 Å². The zero-order valence-corrected chi connectivity index (χ0v) is 17.2. The Bertz CT molecular complexity index is 1080.